The Hall–Kier alpha value is -1.67. The van der Waals surface area contributed by atoms with E-state index in [4.69, 9.17) is 13.9 Å². The molecule has 2 heterocycles. The fraction of sp³-hybridized carbons (Fsp3) is 0.667. The molecule has 7 nitrogen and oxygen atoms in total. The van der Waals surface area contributed by atoms with Crippen LogP contribution in [0.1, 0.15) is 60.9 Å². The van der Waals surface area contributed by atoms with Crippen LogP contribution in [0.15, 0.2) is 21.8 Å². The van der Waals surface area contributed by atoms with Crippen LogP contribution in [0.4, 0.5) is 0 Å². The minimum absolute atomic E-state index is 0.0738. The van der Waals surface area contributed by atoms with Crippen molar-refractivity contribution >= 4 is 5.97 Å². The number of ether oxygens (including phenoxy) is 2. The van der Waals surface area contributed by atoms with Crippen molar-refractivity contribution in [1.82, 2.24) is 0 Å². The summed E-state index contributed by atoms with van der Waals surface area (Å²) in [6.07, 6.45) is 0.00215. The number of methoxy groups -OCH3 is 1. The molecular weight excluding hydrogens is 364 g/mol. The van der Waals surface area contributed by atoms with Crippen LogP contribution in [0.25, 0.3) is 0 Å². The maximum absolute atomic E-state index is 12.5. The van der Waals surface area contributed by atoms with Crippen molar-refractivity contribution in [2.24, 2.45) is 11.3 Å². The number of rotatable bonds is 2. The smallest absolute Gasteiger partial charge is 0.342 e. The van der Waals surface area contributed by atoms with Gasteiger partial charge in [-0.2, -0.15) is 0 Å². The van der Waals surface area contributed by atoms with Gasteiger partial charge in [0.2, 0.25) is 0 Å². The molecule has 7 atom stereocenters. The molecule has 0 aromatic carbocycles. The van der Waals surface area contributed by atoms with Crippen LogP contribution in [0, 0.1) is 11.3 Å². The molecule has 0 radical (unpaired) electrons. The highest BCUT2D eigenvalue weighted by Crippen LogP contribution is 2.63. The maximum atomic E-state index is 12.5. The van der Waals surface area contributed by atoms with E-state index in [0.29, 0.717) is 40.9 Å². The second-order valence-corrected chi connectivity index (χ2v) is 9.08. The van der Waals surface area contributed by atoms with E-state index in [1.807, 2.05) is 13.8 Å². The van der Waals surface area contributed by atoms with Crippen LogP contribution in [0.5, 0.6) is 0 Å². The van der Waals surface area contributed by atoms with Crippen LogP contribution >= 0.6 is 0 Å². The molecule has 4 aliphatic rings. The van der Waals surface area contributed by atoms with E-state index in [2.05, 4.69) is 0 Å². The lowest BCUT2D eigenvalue weighted by molar-refractivity contribution is -0.0461. The van der Waals surface area contributed by atoms with Crippen molar-refractivity contribution in [3.63, 3.8) is 0 Å². The third-order valence-corrected chi connectivity index (χ3v) is 7.81. The van der Waals surface area contributed by atoms with Gasteiger partial charge < -0.3 is 29.2 Å². The normalized spacial score (nSPS) is 44.1. The first-order valence-corrected chi connectivity index (χ1v) is 9.85. The molecule has 152 valence electrons. The minimum Gasteiger partial charge on any atom is -0.465 e. The van der Waals surface area contributed by atoms with Crippen molar-refractivity contribution in [2.45, 2.75) is 62.9 Å². The summed E-state index contributed by atoms with van der Waals surface area (Å²) in [7, 11) is 1.54. The maximum Gasteiger partial charge on any atom is 0.342 e. The predicted molar refractivity (Wildman–Crippen MR) is 96.6 cm³/mol. The van der Waals surface area contributed by atoms with E-state index < -0.39 is 41.2 Å². The Morgan fingerprint density at radius 1 is 1.25 bits per heavy atom. The number of carbonyl (C=O) groups is 1. The Kier molecular flexibility index (Phi) is 3.73. The Labute approximate surface area is 162 Å². The molecule has 3 N–H and O–H groups in total. The zero-order valence-corrected chi connectivity index (χ0v) is 16.3. The first kappa shape index (κ1) is 18.4. The zero-order chi connectivity index (χ0) is 20.0. The van der Waals surface area contributed by atoms with Crippen molar-refractivity contribution in [3.8, 4) is 0 Å². The molecule has 0 spiro atoms. The highest BCUT2D eigenvalue weighted by Gasteiger charge is 2.63. The summed E-state index contributed by atoms with van der Waals surface area (Å²) in [5, 5.41) is 33.1. The van der Waals surface area contributed by atoms with Gasteiger partial charge >= 0.3 is 5.97 Å². The first-order valence-electron chi connectivity index (χ1n) is 9.85. The summed E-state index contributed by atoms with van der Waals surface area (Å²) >= 11 is 0. The van der Waals surface area contributed by atoms with Gasteiger partial charge in [-0.05, 0) is 43.3 Å². The number of esters is 1. The standard InChI is InChI=1S/C21H26O7/c1-20-6-11(22)16-14(10(20)4-5-12(20)23)17(24)18-15-9(7-27-18)19(25)28-13(8-26-3)21(15,16)2/h7,10-13,17,22-24H,4-6,8H2,1-3H3/t10-,11+,12-,13+,17?,20-,21-/m0/s1. The van der Waals surface area contributed by atoms with Gasteiger partial charge in [0.15, 0.2) is 0 Å². The highest BCUT2D eigenvalue weighted by atomic mass is 16.6. The zero-order valence-electron chi connectivity index (χ0n) is 16.3. The number of aliphatic hydroxyl groups is 3. The Morgan fingerprint density at radius 3 is 2.71 bits per heavy atom. The minimum atomic E-state index is -1.05. The lowest BCUT2D eigenvalue weighted by atomic mass is 9.53. The van der Waals surface area contributed by atoms with Gasteiger partial charge in [-0.15, -0.1) is 0 Å². The summed E-state index contributed by atoms with van der Waals surface area (Å²) in [6, 6.07) is 0. The Morgan fingerprint density at radius 2 is 2.00 bits per heavy atom. The molecule has 0 bridgehead atoms. The number of cyclic esters (lactones) is 1. The van der Waals surface area contributed by atoms with Crippen LogP contribution < -0.4 is 0 Å². The summed E-state index contributed by atoms with van der Waals surface area (Å²) < 4.78 is 16.7. The van der Waals surface area contributed by atoms with Gasteiger partial charge in [-0.25, -0.2) is 4.79 Å². The number of fused-ring (bicyclic) bond motifs is 3. The van der Waals surface area contributed by atoms with Crippen molar-refractivity contribution in [1.29, 1.82) is 0 Å². The molecule has 5 rings (SSSR count). The van der Waals surface area contributed by atoms with Crippen LogP contribution in [-0.2, 0) is 14.9 Å². The molecule has 1 fully saturated rings. The molecule has 0 amide bonds. The van der Waals surface area contributed by atoms with E-state index in [-0.39, 0.29) is 12.5 Å². The van der Waals surface area contributed by atoms with Crippen molar-refractivity contribution in [3.05, 3.63) is 34.3 Å². The van der Waals surface area contributed by atoms with Crippen LogP contribution in [0.2, 0.25) is 0 Å². The lowest BCUT2D eigenvalue weighted by Crippen LogP contribution is -2.56. The predicted octanol–water partition coefficient (Wildman–Crippen LogP) is 1.61. The lowest BCUT2D eigenvalue weighted by Gasteiger charge is -2.53. The van der Waals surface area contributed by atoms with Crippen LogP contribution in [-0.4, -0.2) is 53.3 Å². The quantitative estimate of drug-likeness (QED) is 0.520. The third kappa shape index (κ3) is 1.95. The Bertz CT molecular complexity index is 885. The molecule has 1 aromatic rings. The van der Waals surface area contributed by atoms with Gasteiger partial charge in [-0.3, -0.25) is 0 Å². The van der Waals surface area contributed by atoms with E-state index in [0.717, 1.165) is 6.42 Å². The summed E-state index contributed by atoms with van der Waals surface area (Å²) in [5.41, 5.74) is 0.935. The Balaban J connectivity index is 1.79. The second-order valence-electron chi connectivity index (χ2n) is 9.08. The number of hydrogen-bond donors (Lipinski definition) is 3. The van der Waals surface area contributed by atoms with Gasteiger partial charge in [-0.1, -0.05) is 6.92 Å². The van der Waals surface area contributed by atoms with E-state index in [1.165, 1.54) is 13.4 Å². The van der Waals surface area contributed by atoms with Crippen LogP contribution in [0.3, 0.4) is 0 Å². The van der Waals surface area contributed by atoms with E-state index in [1.54, 1.807) is 0 Å². The monoisotopic (exact) mass is 390 g/mol. The molecule has 3 aliphatic carbocycles. The fourth-order valence-corrected chi connectivity index (χ4v) is 6.42. The fourth-order valence-electron chi connectivity index (χ4n) is 6.42. The number of furan rings is 1. The topological polar surface area (TPSA) is 109 Å². The number of hydrogen-bond acceptors (Lipinski definition) is 7. The average molecular weight is 390 g/mol. The van der Waals surface area contributed by atoms with Gasteiger partial charge in [0.1, 0.15) is 29.8 Å². The number of carbonyl (C=O) groups excluding carboxylic acids is 1. The summed E-state index contributed by atoms with van der Waals surface area (Å²) in [4.78, 5) is 12.5. The molecule has 28 heavy (non-hydrogen) atoms. The van der Waals surface area contributed by atoms with Gasteiger partial charge in [0, 0.05) is 18.1 Å². The SMILES string of the molecule is COC[C@H]1OC(=O)c2coc3c2[C@@]1(C)C1=C(C3O)[C@@H]2CC[C@H](O)[C@@]2(C)C[C@H]1O. The largest absolute Gasteiger partial charge is 0.465 e. The first-order chi connectivity index (χ1) is 13.2. The molecular formula is C21H26O7. The average Bonchev–Trinajstić information content (AvgIpc) is 3.21. The molecule has 1 aromatic heterocycles. The van der Waals surface area contributed by atoms with Gasteiger partial charge in [0.05, 0.1) is 24.2 Å². The third-order valence-electron chi connectivity index (χ3n) is 7.81. The molecule has 1 unspecified atom stereocenters. The highest BCUT2D eigenvalue weighted by molar-refractivity contribution is 5.94. The molecule has 0 saturated heterocycles. The summed E-state index contributed by atoms with van der Waals surface area (Å²) in [6.45, 7) is 4.07. The molecule has 1 aliphatic heterocycles. The molecule has 7 heteroatoms. The van der Waals surface area contributed by atoms with Crippen molar-refractivity contribution in [2.75, 3.05) is 13.7 Å². The summed E-state index contributed by atoms with van der Waals surface area (Å²) in [5.74, 6) is -0.241. The molecule has 1 saturated carbocycles. The number of aliphatic hydroxyl groups excluding tert-OH is 3. The van der Waals surface area contributed by atoms with E-state index >= 15 is 0 Å². The second kappa shape index (κ2) is 5.69. The van der Waals surface area contributed by atoms with Crippen molar-refractivity contribution < 1.29 is 34.0 Å². The van der Waals surface area contributed by atoms with Gasteiger partial charge in [0.25, 0.3) is 0 Å². The van der Waals surface area contributed by atoms with E-state index in [9.17, 15) is 20.1 Å².